The van der Waals surface area contributed by atoms with E-state index in [2.05, 4.69) is 33.7 Å². The van der Waals surface area contributed by atoms with E-state index in [1.54, 1.807) is 0 Å². The van der Waals surface area contributed by atoms with Gasteiger partial charge in [0.2, 0.25) is 5.91 Å². The molecule has 0 atom stereocenters. The van der Waals surface area contributed by atoms with Crippen molar-refractivity contribution in [1.29, 1.82) is 0 Å². The van der Waals surface area contributed by atoms with Crippen molar-refractivity contribution in [3.63, 3.8) is 0 Å². The van der Waals surface area contributed by atoms with E-state index in [0.29, 0.717) is 0 Å². The lowest BCUT2D eigenvalue weighted by molar-refractivity contribution is -0.118. The minimum absolute atomic E-state index is 0.00208. The van der Waals surface area contributed by atoms with Crippen LogP contribution >= 0.6 is 0 Å². The summed E-state index contributed by atoms with van der Waals surface area (Å²) in [6.07, 6.45) is 0. The largest absolute Gasteiger partial charge is 0.369 e. The molecule has 0 aliphatic carbocycles. The normalized spacial score (nSPS) is 15.7. The van der Waals surface area contributed by atoms with Crippen molar-refractivity contribution >= 4 is 17.3 Å². The lowest BCUT2D eigenvalue weighted by Crippen LogP contribution is -2.43. The maximum atomic E-state index is 11.8. The minimum Gasteiger partial charge on any atom is -0.369 e. The summed E-state index contributed by atoms with van der Waals surface area (Å²) in [6, 6.07) is 6.29. The van der Waals surface area contributed by atoms with E-state index in [1.807, 2.05) is 20.8 Å². The number of anilines is 2. The summed E-state index contributed by atoms with van der Waals surface area (Å²) < 4.78 is 0. The summed E-state index contributed by atoms with van der Waals surface area (Å²) in [6.45, 7) is 9.90. The van der Waals surface area contributed by atoms with Gasteiger partial charge in [0.1, 0.15) is 0 Å². The number of nitrogens with zero attached hydrogens (tertiary/aromatic N) is 1. The number of benzene rings is 1. The van der Waals surface area contributed by atoms with Gasteiger partial charge in [-0.15, -0.1) is 0 Å². The molecule has 1 aromatic rings. The van der Waals surface area contributed by atoms with Gasteiger partial charge in [-0.1, -0.05) is 19.9 Å². The molecule has 0 radical (unpaired) electrons. The van der Waals surface area contributed by atoms with Crippen molar-refractivity contribution in [3.05, 3.63) is 23.8 Å². The number of hydrogen-bond acceptors (Lipinski definition) is 3. The maximum Gasteiger partial charge on any atom is 0.226 e. The Balaban J connectivity index is 2.16. The fraction of sp³-hybridized carbons (Fsp3) is 0.533. The van der Waals surface area contributed by atoms with Crippen LogP contribution < -0.4 is 15.5 Å². The summed E-state index contributed by atoms with van der Waals surface area (Å²) in [5.74, 6) is 0.0720. The van der Waals surface area contributed by atoms with Crippen LogP contribution in [0.1, 0.15) is 19.4 Å². The first-order valence-corrected chi connectivity index (χ1v) is 6.95. The first kappa shape index (κ1) is 13.9. The van der Waals surface area contributed by atoms with Crippen molar-refractivity contribution in [1.82, 2.24) is 5.32 Å². The summed E-state index contributed by atoms with van der Waals surface area (Å²) >= 11 is 0. The molecule has 1 amide bonds. The van der Waals surface area contributed by atoms with Gasteiger partial charge in [-0.2, -0.15) is 0 Å². The standard InChI is InChI=1S/C15H23N3O/c1-11(2)15(19)17-14-10-13(5-4-12(14)3)18-8-6-16-7-9-18/h4-5,10-11,16H,6-9H2,1-3H3,(H,17,19). The topological polar surface area (TPSA) is 44.4 Å². The summed E-state index contributed by atoms with van der Waals surface area (Å²) in [5.41, 5.74) is 3.22. The Bertz CT molecular complexity index is 451. The van der Waals surface area contributed by atoms with E-state index >= 15 is 0 Å². The summed E-state index contributed by atoms with van der Waals surface area (Å²) in [4.78, 5) is 14.2. The molecule has 4 nitrogen and oxygen atoms in total. The van der Waals surface area contributed by atoms with Crippen LogP contribution in [-0.4, -0.2) is 32.1 Å². The van der Waals surface area contributed by atoms with Crippen LogP contribution in [0.3, 0.4) is 0 Å². The molecule has 2 rings (SSSR count). The third-order valence-corrected chi connectivity index (χ3v) is 3.49. The highest BCUT2D eigenvalue weighted by molar-refractivity contribution is 5.93. The average molecular weight is 261 g/mol. The summed E-state index contributed by atoms with van der Waals surface area (Å²) in [5, 5.41) is 6.35. The van der Waals surface area contributed by atoms with E-state index in [9.17, 15) is 4.79 Å². The number of nitrogens with one attached hydrogen (secondary N) is 2. The molecule has 0 aromatic heterocycles. The smallest absolute Gasteiger partial charge is 0.226 e. The molecule has 1 aliphatic rings. The van der Waals surface area contributed by atoms with Crippen LogP contribution in [0, 0.1) is 12.8 Å². The van der Waals surface area contributed by atoms with Crippen LogP contribution in [0.2, 0.25) is 0 Å². The molecule has 4 heteroatoms. The van der Waals surface area contributed by atoms with Gasteiger partial charge < -0.3 is 15.5 Å². The van der Waals surface area contributed by atoms with Gasteiger partial charge >= 0.3 is 0 Å². The van der Waals surface area contributed by atoms with E-state index in [-0.39, 0.29) is 11.8 Å². The number of carbonyl (C=O) groups is 1. The molecule has 1 aliphatic heterocycles. The maximum absolute atomic E-state index is 11.8. The van der Waals surface area contributed by atoms with Crippen LogP contribution in [0.25, 0.3) is 0 Å². The molecule has 1 heterocycles. The number of amides is 1. The molecule has 104 valence electrons. The van der Waals surface area contributed by atoms with E-state index < -0.39 is 0 Å². The SMILES string of the molecule is Cc1ccc(N2CCNCC2)cc1NC(=O)C(C)C. The Morgan fingerprint density at radius 3 is 2.63 bits per heavy atom. The van der Waals surface area contributed by atoms with Gasteiger partial charge in [-0.25, -0.2) is 0 Å². The van der Waals surface area contributed by atoms with Crippen molar-refractivity contribution in [3.8, 4) is 0 Å². The number of rotatable bonds is 3. The molecule has 1 fully saturated rings. The molecule has 0 saturated carbocycles. The van der Waals surface area contributed by atoms with E-state index in [1.165, 1.54) is 5.69 Å². The van der Waals surface area contributed by atoms with Gasteiger partial charge in [-0.05, 0) is 24.6 Å². The fourth-order valence-corrected chi connectivity index (χ4v) is 2.14. The first-order chi connectivity index (χ1) is 9.08. The van der Waals surface area contributed by atoms with Gasteiger partial charge in [0.25, 0.3) is 0 Å². The lowest BCUT2D eigenvalue weighted by Gasteiger charge is -2.30. The second kappa shape index (κ2) is 6.06. The molecule has 2 N–H and O–H groups in total. The van der Waals surface area contributed by atoms with Crippen molar-refractivity contribution in [2.45, 2.75) is 20.8 Å². The van der Waals surface area contributed by atoms with Gasteiger partial charge in [-0.3, -0.25) is 4.79 Å². The van der Waals surface area contributed by atoms with E-state index in [0.717, 1.165) is 37.4 Å². The third-order valence-electron chi connectivity index (χ3n) is 3.49. The van der Waals surface area contributed by atoms with Gasteiger partial charge in [0.15, 0.2) is 0 Å². The monoisotopic (exact) mass is 261 g/mol. The highest BCUT2D eigenvalue weighted by atomic mass is 16.1. The first-order valence-electron chi connectivity index (χ1n) is 6.95. The highest BCUT2D eigenvalue weighted by Gasteiger charge is 2.13. The predicted molar refractivity (Wildman–Crippen MR) is 79.7 cm³/mol. The zero-order valence-electron chi connectivity index (χ0n) is 12.0. The van der Waals surface area contributed by atoms with Crippen LogP contribution in [-0.2, 0) is 4.79 Å². The zero-order valence-corrected chi connectivity index (χ0v) is 12.0. The Labute approximate surface area is 115 Å². The number of piperazine rings is 1. The molecule has 0 spiro atoms. The quantitative estimate of drug-likeness (QED) is 0.874. The molecule has 0 unspecified atom stereocenters. The molecule has 19 heavy (non-hydrogen) atoms. The van der Waals surface area contributed by atoms with Crippen LogP contribution in [0.15, 0.2) is 18.2 Å². The minimum atomic E-state index is 0.00208. The van der Waals surface area contributed by atoms with Crippen molar-refractivity contribution < 1.29 is 4.79 Å². The molecule has 0 bridgehead atoms. The van der Waals surface area contributed by atoms with Gasteiger partial charge in [0, 0.05) is 43.5 Å². The Kier molecular flexibility index (Phi) is 4.43. The average Bonchev–Trinajstić information content (AvgIpc) is 2.42. The van der Waals surface area contributed by atoms with Gasteiger partial charge in [0.05, 0.1) is 0 Å². The number of hydrogen-bond donors (Lipinski definition) is 2. The zero-order chi connectivity index (χ0) is 13.8. The Morgan fingerprint density at radius 2 is 2.00 bits per heavy atom. The second-order valence-electron chi connectivity index (χ2n) is 5.38. The highest BCUT2D eigenvalue weighted by Crippen LogP contribution is 2.24. The van der Waals surface area contributed by atoms with Crippen LogP contribution in [0.5, 0.6) is 0 Å². The lowest BCUT2D eigenvalue weighted by atomic mass is 10.1. The van der Waals surface area contributed by atoms with E-state index in [4.69, 9.17) is 0 Å². The predicted octanol–water partition coefficient (Wildman–Crippen LogP) is 2.00. The third kappa shape index (κ3) is 3.47. The second-order valence-corrected chi connectivity index (χ2v) is 5.38. The Morgan fingerprint density at radius 1 is 1.32 bits per heavy atom. The molecule has 1 aromatic carbocycles. The molecular weight excluding hydrogens is 238 g/mol. The van der Waals surface area contributed by atoms with Crippen molar-refractivity contribution in [2.24, 2.45) is 5.92 Å². The molecule has 1 saturated heterocycles. The molecular formula is C15H23N3O. The Hall–Kier alpha value is -1.55. The number of aryl methyl sites for hydroxylation is 1. The fourth-order valence-electron chi connectivity index (χ4n) is 2.14. The van der Waals surface area contributed by atoms with Crippen molar-refractivity contribution in [2.75, 3.05) is 36.4 Å². The summed E-state index contributed by atoms with van der Waals surface area (Å²) in [7, 11) is 0. The van der Waals surface area contributed by atoms with Crippen LogP contribution in [0.4, 0.5) is 11.4 Å². The number of carbonyl (C=O) groups excluding carboxylic acids is 1.